The van der Waals surface area contributed by atoms with E-state index < -0.39 is 0 Å². The molecule has 0 amide bonds. The first-order chi connectivity index (χ1) is 9.17. The zero-order valence-corrected chi connectivity index (χ0v) is 11.7. The highest BCUT2D eigenvalue weighted by atomic mass is 16.6. The zero-order valence-electron chi connectivity index (χ0n) is 11.7. The van der Waals surface area contributed by atoms with E-state index in [0.29, 0.717) is 19.8 Å². The summed E-state index contributed by atoms with van der Waals surface area (Å²) >= 11 is 0. The van der Waals surface area contributed by atoms with Crippen LogP contribution in [0.5, 0.6) is 5.75 Å². The van der Waals surface area contributed by atoms with E-state index in [4.69, 9.17) is 14.2 Å². The molecule has 19 heavy (non-hydrogen) atoms. The van der Waals surface area contributed by atoms with Gasteiger partial charge in [-0.3, -0.25) is 0 Å². The number of aryl methyl sites for hydroxylation is 1. The maximum atomic E-state index is 11.0. The van der Waals surface area contributed by atoms with Gasteiger partial charge in [-0.1, -0.05) is 0 Å². The Kier molecular flexibility index (Phi) is 6.74. The molecule has 0 aliphatic heterocycles. The Morgan fingerprint density at radius 3 is 2.79 bits per heavy atom. The standard InChI is InChI=1S/C14H21NO4/c1-4-19-14(16)10-18-8-7-15-12-5-6-13(17-3)11(2)9-12/h5-6,9,15H,4,7-8,10H2,1-3H3. The molecule has 106 valence electrons. The number of methoxy groups -OCH3 is 1. The molecule has 0 saturated carbocycles. The minimum atomic E-state index is -0.331. The van der Waals surface area contributed by atoms with Gasteiger partial charge in [0.1, 0.15) is 12.4 Å². The van der Waals surface area contributed by atoms with Crippen LogP contribution in [-0.2, 0) is 14.3 Å². The highest BCUT2D eigenvalue weighted by molar-refractivity contribution is 5.70. The third-order valence-electron chi connectivity index (χ3n) is 2.50. The largest absolute Gasteiger partial charge is 0.496 e. The third-order valence-corrected chi connectivity index (χ3v) is 2.50. The predicted molar refractivity (Wildman–Crippen MR) is 73.7 cm³/mol. The van der Waals surface area contributed by atoms with Crippen LogP contribution in [0.4, 0.5) is 5.69 Å². The van der Waals surface area contributed by atoms with E-state index in [0.717, 1.165) is 17.0 Å². The minimum Gasteiger partial charge on any atom is -0.496 e. The maximum absolute atomic E-state index is 11.0. The molecule has 0 aromatic heterocycles. The average Bonchev–Trinajstić information content (AvgIpc) is 2.39. The van der Waals surface area contributed by atoms with Crippen molar-refractivity contribution in [3.05, 3.63) is 23.8 Å². The van der Waals surface area contributed by atoms with Gasteiger partial charge in [-0.2, -0.15) is 0 Å². The van der Waals surface area contributed by atoms with Crippen LogP contribution in [0.25, 0.3) is 0 Å². The Morgan fingerprint density at radius 1 is 1.37 bits per heavy atom. The van der Waals surface area contributed by atoms with Gasteiger partial charge in [-0.05, 0) is 37.6 Å². The van der Waals surface area contributed by atoms with Crippen molar-refractivity contribution in [3.8, 4) is 5.75 Å². The van der Waals surface area contributed by atoms with Crippen molar-refractivity contribution in [2.45, 2.75) is 13.8 Å². The van der Waals surface area contributed by atoms with Crippen LogP contribution in [0, 0.1) is 6.92 Å². The van der Waals surface area contributed by atoms with Crippen LogP contribution in [0.3, 0.4) is 0 Å². The lowest BCUT2D eigenvalue weighted by atomic mass is 10.2. The Bertz CT molecular complexity index is 406. The van der Waals surface area contributed by atoms with Crippen molar-refractivity contribution in [3.63, 3.8) is 0 Å². The lowest BCUT2D eigenvalue weighted by molar-refractivity contribution is -0.148. The van der Waals surface area contributed by atoms with Crippen LogP contribution in [0.1, 0.15) is 12.5 Å². The number of rotatable bonds is 8. The molecule has 0 spiro atoms. The highest BCUT2D eigenvalue weighted by Gasteiger charge is 2.01. The first-order valence-electron chi connectivity index (χ1n) is 6.29. The van der Waals surface area contributed by atoms with Crippen LogP contribution >= 0.6 is 0 Å². The molecular weight excluding hydrogens is 246 g/mol. The van der Waals surface area contributed by atoms with Crippen molar-refractivity contribution in [1.82, 2.24) is 0 Å². The molecule has 0 fully saturated rings. The Labute approximate surface area is 113 Å². The number of nitrogens with one attached hydrogen (secondary N) is 1. The van der Waals surface area contributed by atoms with E-state index >= 15 is 0 Å². The number of hydrogen-bond acceptors (Lipinski definition) is 5. The molecule has 0 saturated heterocycles. The van der Waals surface area contributed by atoms with Crippen molar-refractivity contribution in [2.75, 3.05) is 38.8 Å². The summed E-state index contributed by atoms with van der Waals surface area (Å²) in [4.78, 5) is 11.0. The number of anilines is 1. The molecule has 1 aromatic carbocycles. The average molecular weight is 267 g/mol. The number of esters is 1. The number of carbonyl (C=O) groups excluding carboxylic acids is 1. The van der Waals surface area contributed by atoms with Crippen LogP contribution in [0.15, 0.2) is 18.2 Å². The fourth-order valence-electron chi connectivity index (χ4n) is 1.61. The number of benzene rings is 1. The Balaban J connectivity index is 2.22. The summed E-state index contributed by atoms with van der Waals surface area (Å²) in [6.45, 7) is 5.21. The number of hydrogen-bond donors (Lipinski definition) is 1. The SMILES string of the molecule is CCOC(=O)COCCNc1ccc(OC)c(C)c1. The molecule has 0 aliphatic rings. The zero-order chi connectivity index (χ0) is 14.1. The van der Waals surface area contributed by atoms with Gasteiger partial charge in [-0.15, -0.1) is 0 Å². The molecule has 0 radical (unpaired) electrons. The van der Waals surface area contributed by atoms with Gasteiger partial charge in [0.15, 0.2) is 0 Å². The summed E-state index contributed by atoms with van der Waals surface area (Å²) < 4.78 is 15.1. The fraction of sp³-hybridized carbons (Fsp3) is 0.500. The molecule has 5 heteroatoms. The second kappa shape index (κ2) is 8.37. The van der Waals surface area contributed by atoms with Gasteiger partial charge < -0.3 is 19.5 Å². The topological polar surface area (TPSA) is 56.8 Å². The van der Waals surface area contributed by atoms with Crippen LogP contribution in [-0.4, -0.2) is 39.4 Å². The van der Waals surface area contributed by atoms with E-state index in [-0.39, 0.29) is 12.6 Å². The van der Waals surface area contributed by atoms with Crippen LogP contribution in [0.2, 0.25) is 0 Å². The van der Waals surface area contributed by atoms with Crippen molar-refractivity contribution >= 4 is 11.7 Å². The molecule has 1 N–H and O–H groups in total. The van der Waals surface area contributed by atoms with E-state index in [1.807, 2.05) is 25.1 Å². The molecule has 1 aromatic rings. The quantitative estimate of drug-likeness (QED) is 0.576. The first-order valence-corrected chi connectivity index (χ1v) is 6.29. The summed E-state index contributed by atoms with van der Waals surface area (Å²) in [5, 5.41) is 3.21. The molecule has 0 aliphatic carbocycles. The van der Waals surface area contributed by atoms with Gasteiger partial charge in [0.05, 0.1) is 20.3 Å². The first kappa shape index (κ1) is 15.3. The normalized spacial score (nSPS) is 10.1. The lowest BCUT2D eigenvalue weighted by Crippen LogP contribution is -2.16. The third kappa shape index (κ3) is 5.61. The smallest absolute Gasteiger partial charge is 0.332 e. The monoisotopic (exact) mass is 267 g/mol. The van der Waals surface area contributed by atoms with E-state index in [2.05, 4.69) is 5.32 Å². The molecule has 0 atom stereocenters. The molecule has 0 heterocycles. The van der Waals surface area contributed by atoms with Gasteiger partial charge in [0, 0.05) is 12.2 Å². The van der Waals surface area contributed by atoms with Crippen LogP contribution < -0.4 is 10.1 Å². The van der Waals surface area contributed by atoms with Crippen molar-refractivity contribution < 1.29 is 19.0 Å². The van der Waals surface area contributed by atoms with Gasteiger partial charge in [-0.25, -0.2) is 4.79 Å². The molecule has 0 unspecified atom stereocenters. The second-order valence-electron chi connectivity index (χ2n) is 3.97. The Hall–Kier alpha value is -1.75. The van der Waals surface area contributed by atoms with Crippen molar-refractivity contribution in [2.24, 2.45) is 0 Å². The predicted octanol–water partition coefficient (Wildman–Crippen LogP) is 2.00. The molecule has 0 bridgehead atoms. The maximum Gasteiger partial charge on any atom is 0.332 e. The van der Waals surface area contributed by atoms with E-state index in [1.54, 1.807) is 14.0 Å². The summed E-state index contributed by atoms with van der Waals surface area (Å²) in [5.41, 5.74) is 2.07. The fourth-order valence-corrected chi connectivity index (χ4v) is 1.61. The molecule has 5 nitrogen and oxygen atoms in total. The van der Waals surface area contributed by atoms with Gasteiger partial charge >= 0.3 is 5.97 Å². The molecule has 1 rings (SSSR count). The highest BCUT2D eigenvalue weighted by Crippen LogP contribution is 2.20. The second-order valence-corrected chi connectivity index (χ2v) is 3.97. The molecular formula is C14H21NO4. The summed E-state index contributed by atoms with van der Waals surface area (Å²) in [7, 11) is 1.65. The number of ether oxygens (including phenoxy) is 3. The van der Waals surface area contributed by atoms with Crippen molar-refractivity contribution in [1.29, 1.82) is 0 Å². The summed E-state index contributed by atoms with van der Waals surface area (Å²) in [6, 6.07) is 5.86. The summed E-state index contributed by atoms with van der Waals surface area (Å²) in [6.07, 6.45) is 0. The minimum absolute atomic E-state index is 0.00282. The van der Waals surface area contributed by atoms with Gasteiger partial charge in [0.25, 0.3) is 0 Å². The Morgan fingerprint density at radius 2 is 2.16 bits per heavy atom. The lowest BCUT2D eigenvalue weighted by Gasteiger charge is -2.10. The van der Waals surface area contributed by atoms with E-state index in [1.165, 1.54) is 0 Å². The summed E-state index contributed by atoms with van der Waals surface area (Å²) in [5.74, 6) is 0.534. The number of carbonyl (C=O) groups is 1. The van der Waals surface area contributed by atoms with E-state index in [9.17, 15) is 4.79 Å². The van der Waals surface area contributed by atoms with Gasteiger partial charge in [0.2, 0.25) is 0 Å².